The third-order valence-electron chi connectivity index (χ3n) is 4.09. The molecule has 1 fully saturated rings. The first-order valence-corrected chi connectivity index (χ1v) is 7.23. The van der Waals surface area contributed by atoms with Crippen LogP contribution in [0.15, 0.2) is 0 Å². The summed E-state index contributed by atoms with van der Waals surface area (Å²) >= 11 is 0. The van der Waals surface area contributed by atoms with E-state index >= 15 is 0 Å². The van der Waals surface area contributed by atoms with E-state index in [4.69, 9.17) is 5.11 Å². The average molecular weight is 270 g/mol. The molecule has 0 heterocycles. The Hall–Kier alpha value is -1.26. The normalized spacial score (nSPS) is 22.8. The monoisotopic (exact) mass is 270 g/mol. The first-order chi connectivity index (χ1) is 9.02. The topological polar surface area (TPSA) is 69.6 Å². The van der Waals surface area contributed by atoms with Gasteiger partial charge < -0.3 is 15.3 Å². The van der Waals surface area contributed by atoms with E-state index in [0.29, 0.717) is 12.5 Å². The maximum absolute atomic E-state index is 11.7. The van der Waals surface area contributed by atoms with E-state index in [-0.39, 0.29) is 19.0 Å². The molecule has 2 amide bonds. The number of rotatable bonds is 6. The molecule has 0 aliphatic heterocycles. The van der Waals surface area contributed by atoms with Crippen LogP contribution in [0.3, 0.4) is 0 Å². The van der Waals surface area contributed by atoms with Crippen molar-refractivity contribution in [2.45, 2.75) is 45.4 Å². The predicted molar refractivity (Wildman–Crippen MR) is 74.0 cm³/mol. The Balaban J connectivity index is 2.17. The van der Waals surface area contributed by atoms with E-state index in [1.807, 2.05) is 0 Å². The van der Waals surface area contributed by atoms with Crippen LogP contribution in [0.2, 0.25) is 0 Å². The summed E-state index contributed by atoms with van der Waals surface area (Å²) in [5, 5.41) is 11.5. The molecule has 0 radical (unpaired) electrons. The third kappa shape index (κ3) is 5.94. The van der Waals surface area contributed by atoms with Crippen molar-refractivity contribution in [2.24, 2.45) is 11.8 Å². The highest BCUT2D eigenvalue weighted by Crippen LogP contribution is 2.30. The second kappa shape index (κ2) is 8.02. The fraction of sp³-hybridized carbons (Fsp3) is 0.857. The summed E-state index contributed by atoms with van der Waals surface area (Å²) in [6, 6.07) is -0.168. The van der Waals surface area contributed by atoms with Crippen LogP contribution in [0, 0.1) is 11.8 Å². The molecule has 5 heteroatoms. The summed E-state index contributed by atoms with van der Waals surface area (Å²) in [6.45, 7) is 3.21. The van der Waals surface area contributed by atoms with Gasteiger partial charge in [-0.3, -0.25) is 4.79 Å². The van der Waals surface area contributed by atoms with Gasteiger partial charge in [-0.05, 0) is 24.7 Å². The molecule has 0 atom stereocenters. The summed E-state index contributed by atoms with van der Waals surface area (Å²) < 4.78 is 0. The molecular formula is C14H26N2O3. The molecule has 2 N–H and O–H groups in total. The SMILES string of the molecule is CCC1CCC(CNC(=O)N(C)CCC(=O)O)CC1. The fourth-order valence-electron chi connectivity index (χ4n) is 2.58. The van der Waals surface area contributed by atoms with Crippen molar-refractivity contribution in [2.75, 3.05) is 20.1 Å². The molecule has 0 aromatic carbocycles. The minimum absolute atomic E-state index is 0.00840. The molecule has 110 valence electrons. The quantitative estimate of drug-likeness (QED) is 0.778. The lowest BCUT2D eigenvalue weighted by atomic mass is 9.81. The Morgan fingerprint density at radius 3 is 2.32 bits per heavy atom. The predicted octanol–water partition coefficient (Wildman–Crippen LogP) is 2.32. The number of carbonyl (C=O) groups is 2. The molecular weight excluding hydrogens is 244 g/mol. The Morgan fingerprint density at radius 2 is 1.79 bits per heavy atom. The molecule has 0 unspecified atom stereocenters. The van der Waals surface area contributed by atoms with Gasteiger partial charge in [0.25, 0.3) is 0 Å². The first-order valence-electron chi connectivity index (χ1n) is 7.23. The number of hydrogen-bond acceptors (Lipinski definition) is 2. The van der Waals surface area contributed by atoms with Gasteiger partial charge in [0.05, 0.1) is 6.42 Å². The van der Waals surface area contributed by atoms with Gasteiger partial charge in [0.15, 0.2) is 0 Å². The van der Waals surface area contributed by atoms with Crippen LogP contribution in [0.4, 0.5) is 4.79 Å². The smallest absolute Gasteiger partial charge is 0.317 e. The summed E-state index contributed by atoms with van der Waals surface area (Å²) in [5.74, 6) is 0.572. The van der Waals surface area contributed by atoms with Gasteiger partial charge in [-0.1, -0.05) is 26.2 Å². The van der Waals surface area contributed by atoms with Crippen molar-refractivity contribution in [3.8, 4) is 0 Å². The van der Waals surface area contributed by atoms with Gasteiger partial charge in [-0.15, -0.1) is 0 Å². The number of nitrogens with zero attached hydrogens (tertiary/aromatic N) is 1. The second-order valence-corrected chi connectivity index (χ2v) is 5.55. The van der Waals surface area contributed by atoms with Crippen molar-refractivity contribution in [3.63, 3.8) is 0 Å². The minimum atomic E-state index is -0.877. The van der Waals surface area contributed by atoms with Crippen LogP contribution in [0.1, 0.15) is 45.4 Å². The number of urea groups is 1. The zero-order valence-corrected chi connectivity index (χ0v) is 12.0. The maximum Gasteiger partial charge on any atom is 0.317 e. The van der Waals surface area contributed by atoms with E-state index < -0.39 is 5.97 Å². The van der Waals surface area contributed by atoms with Crippen molar-refractivity contribution in [1.29, 1.82) is 0 Å². The molecule has 1 aliphatic carbocycles. The number of hydrogen-bond donors (Lipinski definition) is 2. The van der Waals surface area contributed by atoms with Crippen molar-refractivity contribution in [3.05, 3.63) is 0 Å². The Morgan fingerprint density at radius 1 is 1.21 bits per heavy atom. The van der Waals surface area contributed by atoms with Crippen LogP contribution in [-0.2, 0) is 4.79 Å². The van der Waals surface area contributed by atoms with Gasteiger partial charge >= 0.3 is 12.0 Å². The summed E-state index contributed by atoms with van der Waals surface area (Å²) in [6.07, 6.45) is 6.18. The van der Waals surface area contributed by atoms with Gasteiger partial charge in [0, 0.05) is 20.1 Å². The van der Waals surface area contributed by atoms with Crippen LogP contribution in [0.25, 0.3) is 0 Å². The molecule has 0 aromatic heterocycles. The molecule has 19 heavy (non-hydrogen) atoms. The Bertz CT molecular complexity index is 299. The molecule has 1 rings (SSSR count). The second-order valence-electron chi connectivity index (χ2n) is 5.55. The number of carbonyl (C=O) groups excluding carboxylic acids is 1. The Kier molecular flexibility index (Phi) is 6.67. The summed E-state index contributed by atoms with van der Waals surface area (Å²) in [4.78, 5) is 23.6. The molecule has 0 spiro atoms. The van der Waals surface area contributed by atoms with E-state index in [9.17, 15) is 9.59 Å². The van der Waals surface area contributed by atoms with Gasteiger partial charge in [0.1, 0.15) is 0 Å². The highest BCUT2D eigenvalue weighted by atomic mass is 16.4. The standard InChI is InChI=1S/C14H26N2O3/c1-3-11-4-6-12(7-5-11)10-15-14(19)16(2)9-8-13(17)18/h11-12H,3-10H2,1-2H3,(H,15,19)(H,17,18). The maximum atomic E-state index is 11.7. The highest BCUT2D eigenvalue weighted by Gasteiger charge is 2.20. The van der Waals surface area contributed by atoms with Crippen LogP contribution < -0.4 is 5.32 Å². The molecule has 1 saturated carbocycles. The average Bonchev–Trinajstić information content (AvgIpc) is 2.42. The zero-order valence-electron chi connectivity index (χ0n) is 12.0. The van der Waals surface area contributed by atoms with Crippen LogP contribution in [0.5, 0.6) is 0 Å². The molecule has 5 nitrogen and oxygen atoms in total. The van der Waals surface area contributed by atoms with Crippen molar-refractivity contribution < 1.29 is 14.7 Å². The number of amides is 2. The number of nitrogens with one attached hydrogen (secondary N) is 1. The van der Waals surface area contributed by atoms with Crippen LogP contribution >= 0.6 is 0 Å². The lowest BCUT2D eigenvalue weighted by molar-refractivity contribution is -0.137. The third-order valence-corrected chi connectivity index (χ3v) is 4.09. The first kappa shape index (κ1) is 15.8. The fourth-order valence-corrected chi connectivity index (χ4v) is 2.58. The van der Waals surface area contributed by atoms with E-state index in [1.54, 1.807) is 7.05 Å². The summed E-state index contributed by atoms with van der Waals surface area (Å²) in [7, 11) is 1.63. The van der Waals surface area contributed by atoms with Gasteiger partial charge in [-0.2, -0.15) is 0 Å². The molecule has 0 aromatic rings. The zero-order chi connectivity index (χ0) is 14.3. The molecule has 1 aliphatic rings. The largest absolute Gasteiger partial charge is 0.481 e. The van der Waals surface area contributed by atoms with E-state index in [1.165, 1.54) is 37.0 Å². The summed E-state index contributed by atoms with van der Waals surface area (Å²) in [5.41, 5.74) is 0. The highest BCUT2D eigenvalue weighted by molar-refractivity contribution is 5.74. The van der Waals surface area contributed by atoms with E-state index in [0.717, 1.165) is 5.92 Å². The van der Waals surface area contributed by atoms with Gasteiger partial charge in [0.2, 0.25) is 0 Å². The number of aliphatic carboxylic acids is 1. The lowest BCUT2D eigenvalue weighted by Gasteiger charge is -2.28. The minimum Gasteiger partial charge on any atom is -0.481 e. The van der Waals surface area contributed by atoms with Gasteiger partial charge in [-0.25, -0.2) is 4.79 Å². The Labute approximate surface area is 115 Å². The molecule has 0 saturated heterocycles. The molecule has 0 bridgehead atoms. The van der Waals surface area contributed by atoms with Crippen molar-refractivity contribution >= 4 is 12.0 Å². The van der Waals surface area contributed by atoms with Crippen LogP contribution in [-0.4, -0.2) is 42.1 Å². The lowest BCUT2D eigenvalue weighted by Crippen LogP contribution is -2.41. The van der Waals surface area contributed by atoms with E-state index in [2.05, 4.69) is 12.2 Å². The number of carboxylic acids is 1. The van der Waals surface area contributed by atoms with Crippen molar-refractivity contribution in [1.82, 2.24) is 10.2 Å². The number of carboxylic acid groups (broad SMARTS) is 1.